The Morgan fingerprint density at radius 1 is 0.778 bits per heavy atom. The van der Waals surface area contributed by atoms with Gasteiger partial charge in [0.15, 0.2) is 0 Å². The fraction of sp³-hybridized carbons (Fsp3) is 0.0435. The Kier molecular flexibility index (Phi) is 5.80. The fourth-order valence-electron chi connectivity index (χ4n) is 2.67. The number of hydrogen-bond acceptors (Lipinski definition) is 3. The Morgan fingerprint density at radius 2 is 1.26 bits per heavy atom. The van der Waals surface area contributed by atoms with E-state index in [1.165, 1.54) is 0 Å². The average molecular weight is 357 g/mol. The summed E-state index contributed by atoms with van der Waals surface area (Å²) >= 11 is 0. The molecule has 1 amide bonds. The van der Waals surface area contributed by atoms with Crippen molar-refractivity contribution in [3.05, 3.63) is 120 Å². The number of amides is 1. The molecule has 4 heteroatoms. The molecule has 3 aromatic carbocycles. The summed E-state index contributed by atoms with van der Waals surface area (Å²) in [6, 6.07) is 25.9. The molecule has 0 bridgehead atoms. The molecule has 4 nitrogen and oxygen atoms in total. The molecular weight excluding hydrogens is 338 g/mol. The van der Waals surface area contributed by atoms with E-state index >= 15 is 0 Å². The summed E-state index contributed by atoms with van der Waals surface area (Å²) in [7, 11) is 0. The summed E-state index contributed by atoms with van der Waals surface area (Å²) in [5.74, 6) is -1.03. The minimum atomic E-state index is -0.619. The van der Waals surface area contributed by atoms with Gasteiger partial charge < -0.3 is 4.84 Å². The van der Waals surface area contributed by atoms with Crippen LogP contribution < -0.4 is 0 Å². The van der Waals surface area contributed by atoms with Gasteiger partial charge in [0.05, 0.1) is 5.56 Å². The van der Waals surface area contributed by atoms with Gasteiger partial charge in [0, 0.05) is 5.56 Å². The van der Waals surface area contributed by atoms with Crippen LogP contribution in [0.3, 0.4) is 0 Å². The van der Waals surface area contributed by atoms with Crippen molar-refractivity contribution in [3.8, 4) is 0 Å². The van der Waals surface area contributed by atoms with Gasteiger partial charge in [-0.2, -0.15) is 5.06 Å². The van der Waals surface area contributed by atoms with Crippen LogP contribution in [-0.4, -0.2) is 16.9 Å². The molecule has 0 fully saturated rings. The average Bonchev–Trinajstić information content (AvgIpc) is 2.75. The normalized spacial score (nSPS) is 11.3. The second-order valence-electron chi connectivity index (χ2n) is 5.83. The molecule has 0 radical (unpaired) electrons. The summed E-state index contributed by atoms with van der Waals surface area (Å²) in [6.07, 6.45) is 1.58. The van der Waals surface area contributed by atoms with Gasteiger partial charge in [-0.05, 0) is 29.8 Å². The van der Waals surface area contributed by atoms with Crippen LogP contribution in [0, 0.1) is 0 Å². The van der Waals surface area contributed by atoms with Crippen LogP contribution in [0.5, 0.6) is 0 Å². The van der Waals surface area contributed by atoms with Crippen LogP contribution >= 0.6 is 0 Å². The molecule has 134 valence electrons. The predicted octanol–water partition coefficient (Wildman–Crippen LogP) is 4.83. The first-order valence-electron chi connectivity index (χ1n) is 8.54. The number of nitrogens with zero attached hydrogens (tertiary/aromatic N) is 1. The van der Waals surface area contributed by atoms with E-state index in [0.717, 1.165) is 10.6 Å². The first-order chi connectivity index (χ1) is 13.2. The van der Waals surface area contributed by atoms with E-state index in [2.05, 4.69) is 6.58 Å². The van der Waals surface area contributed by atoms with Crippen LogP contribution in [0.1, 0.15) is 32.3 Å². The van der Waals surface area contributed by atoms with Crippen molar-refractivity contribution in [1.29, 1.82) is 0 Å². The first-order valence-corrected chi connectivity index (χ1v) is 8.54. The van der Waals surface area contributed by atoms with Crippen LogP contribution in [-0.2, 0) is 4.84 Å². The summed E-state index contributed by atoms with van der Waals surface area (Å²) < 4.78 is 0. The van der Waals surface area contributed by atoms with E-state index in [1.54, 1.807) is 60.7 Å². The molecule has 3 aromatic rings. The molecule has 0 heterocycles. The third kappa shape index (κ3) is 4.30. The minimum Gasteiger partial charge on any atom is -0.331 e. The molecule has 0 aliphatic carbocycles. The van der Waals surface area contributed by atoms with Crippen LogP contribution in [0.15, 0.2) is 104 Å². The van der Waals surface area contributed by atoms with Crippen molar-refractivity contribution in [2.75, 3.05) is 0 Å². The molecule has 0 aliphatic heterocycles. The molecule has 0 spiro atoms. The lowest BCUT2D eigenvalue weighted by molar-refractivity contribution is -0.0972. The summed E-state index contributed by atoms with van der Waals surface area (Å²) in [6.45, 7) is 3.83. The molecular formula is C23H19NO3. The zero-order chi connectivity index (χ0) is 19.1. The molecule has 3 rings (SSSR count). The van der Waals surface area contributed by atoms with Gasteiger partial charge >= 0.3 is 5.97 Å². The van der Waals surface area contributed by atoms with Gasteiger partial charge in [0.2, 0.25) is 0 Å². The number of benzene rings is 3. The lowest BCUT2D eigenvalue weighted by Gasteiger charge is -2.28. The van der Waals surface area contributed by atoms with Crippen LogP contribution in [0.4, 0.5) is 0 Å². The Balaban J connectivity index is 1.96. The molecule has 0 unspecified atom stereocenters. The molecule has 0 saturated carbocycles. The van der Waals surface area contributed by atoms with E-state index in [0.29, 0.717) is 11.1 Å². The maximum atomic E-state index is 13.1. The molecule has 0 saturated heterocycles. The monoisotopic (exact) mass is 357 g/mol. The lowest BCUT2D eigenvalue weighted by Crippen LogP contribution is -2.36. The standard InChI is InChI=1S/C23H19NO3/c1-2-21(18-12-6-3-7-13-18)24(22(25)19-14-8-4-9-15-19)27-23(26)20-16-10-5-11-17-20/h2-17,21H,1H2/t21-/m0/s1. The SMILES string of the molecule is C=C[C@@H](c1ccccc1)N(OC(=O)c1ccccc1)C(=O)c1ccccc1. The summed E-state index contributed by atoms with van der Waals surface area (Å²) in [5.41, 5.74) is 1.57. The van der Waals surface area contributed by atoms with E-state index in [4.69, 9.17) is 4.84 Å². The second-order valence-corrected chi connectivity index (χ2v) is 5.83. The summed E-state index contributed by atoms with van der Waals surface area (Å²) in [5, 5.41) is 1.08. The van der Waals surface area contributed by atoms with Gasteiger partial charge in [-0.3, -0.25) is 4.79 Å². The Bertz CT molecular complexity index is 908. The van der Waals surface area contributed by atoms with Crippen molar-refractivity contribution in [1.82, 2.24) is 5.06 Å². The van der Waals surface area contributed by atoms with Crippen molar-refractivity contribution in [3.63, 3.8) is 0 Å². The maximum absolute atomic E-state index is 13.1. The molecule has 0 aliphatic rings. The highest BCUT2D eigenvalue weighted by molar-refractivity contribution is 5.96. The smallest absolute Gasteiger partial charge is 0.331 e. The van der Waals surface area contributed by atoms with Gasteiger partial charge in [-0.25, -0.2) is 4.79 Å². The maximum Gasteiger partial charge on any atom is 0.363 e. The molecule has 27 heavy (non-hydrogen) atoms. The number of carbonyl (C=O) groups excluding carboxylic acids is 2. The highest BCUT2D eigenvalue weighted by Gasteiger charge is 2.28. The molecule has 0 N–H and O–H groups in total. The van der Waals surface area contributed by atoms with E-state index in [9.17, 15) is 9.59 Å². The Morgan fingerprint density at radius 3 is 1.78 bits per heavy atom. The highest BCUT2D eigenvalue weighted by atomic mass is 16.7. The number of rotatable bonds is 5. The van der Waals surface area contributed by atoms with Crippen molar-refractivity contribution < 1.29 is 14.4 Å². The zero-order valence-electron chi connectivity index (χ0n) is 14.7. The number of hydrogen-bond donors (Lipinski definition) is 0. The number of carbonyl (C=O) groups is 2. The quantitative estimate of drug-likeness (QED) is 0.485. The van der Waals surface area contributed by atoms with Crippen molar-refractivity contribution in [2.24, 2.45) is 0 Å². The largest absolute Gasteiger partial charge is 0.363 e. The third-order valence-corrected chi connectivity index (χ3v) is 4.03. The number of hydroxylamine groups is 2. The van der Waals surface area contributed by atoms with Gasteiger partial charge in [-0.1, -0.05) is 72.8 Å². The van der Waals surface area contributed by atoms with Crippen LogP contribution in [0.2, 0.25) is 0 Å². The summed E-state index contributed by atoms with van der Waals surface area (Å²) in [4.78, 5) is 31.2. The van der Waals surface area contributed by atoms with E-state index in [-0.39, 0.29) is 0 Å². The lowest BCUT2D eigenvalue weighted by atomic mass is 10.1. The molecule has 1 atom stereocenters. The fourth-order valence-corrected chi connectivity index (χ4v) is 2.67. The topological polar surface area (TPSA) is 46.6 Å². The predicted molar refractivity (Wildman–Crippen MR) is 104 cm³/mol. The van der Waals surface area contributed by atoms with E-state index in [1.807, 2.05) is 36.4 Å². The van der Waals surface area contributed by atoms with Gasteiger partial charge in [0.25, 0.3) is 5.91 Å². The zero-order valence-corrected chi connectivity index (χ0v) is 14.7. The van der Waals surface area contributed by atoms with Crippen LogP contribution in [0.25, 0.3) is 0 Å². The molecule has 0 aromatic heterocycles. The third-order valence-electron chi connectivity index (χ3n) is 4.03. The van der Waals surface area contributed by atoms with Crippen molar-refractivity contribution in [2.45, 2.75) is 6.04 Å². The van der Waals surface area contributed by atoms with Gasteiger partial charge in [-0.15, -0.1) is 6.58 Å². The highest BCUT2D eigenvalue weighted by Crippen LogP contribution is 2.25. The van der Waals surface area contributed by atoms with E-state index < -0.39 is 17.9 Å². The minimum absolute atomic E-state index is 0.360. The Hall–Kier alpha value is -3.66. The first kappa shape index (κ1) is 18.1. The second kappa shape index (κ2) is 8.63. The Labute approximate surface area is 158 Å². The van der Waals surface area contributed by atoms with Crippen molar-refractivity contribution >= 4 is 11.9 Å². The van der Waals surface area contributed by atoms with Gasteiger partial charge in [0.1, 0.15) is 6.04 Å².